The number of carbonyl (C=O) groups excluding carboxylic acids is 1. The van der Waals surface area contributed by atoms with E-state index in [0.29, 0.717) is 10.9 Å². The van der Waals surface area contributed by atoms with Crippen LogP contribution < -0.4 is 5.56 Å². The van der Waals surface area contributed by atoms with Crippen LogP contribution in [-0.2, 0) is 11.3 Å². The SMILES string of the molecule is O=C(Cn1cnc2ccccc2c1=O)N1CCCCCC1. The van der Waals surface area contributed by atoms with Gasteiger partial charge in [0.2, 0.25) is 5.91 Å². The van der Waals surface area contributed by atoms with Crippen LogP contribution in [0.2, 0.25) is 0 Å². The van der Waals surface area contributed by atoms with Crippen LogP contribution in [0, 0.1) is 0 Å². The van der Waals surface area contributed by atoms with Crippen molar-refractivity contribution in [2.24, 2.45) is 0 Å². The van der Waals surface area contributed by atoms with Gasteiger partial charge in [-0.05, 0) is 25.0 Å². The number of likely N-dealkylation sites (tertiary alicyclic amines) is 1. The van der Waals surface area contributed by atoms with Crippen LogP contribution in [0.3, 0.4) is 0 Å². The van der Waals surface area contributed by atoms with Crippen molar-refractivity contribution in [1.29, 1.82) is 0 Å². The van der Waals surface area contributed by atoms with Crippen molar-refractivity contribution >= 4 is 16.8 Å². The van der Waals surface area contributed by atoms with Crippen LogP contribution in [0.15, 0.2) is 35.4 Å². The van der Waals surface area contributed by atoms with E-state index in [0.717, 1.165) is 25.9 Å². The Morgan fingerprint density at radius 1 is 1.10 bits per heavy atom. The minimum atomic E-state index is -0.149. The lowest BCUT2D eigenvalue weighted by atomic mass is 10.2. The second-order valence-corrected chi connectivity index (χ2v) is 5.49. The summed E-state index contributed by atoms with van der Waals surface area (Å²) in [6.45, 7) is 1.68. The highest BCUT2D eigenvalue weighted by molar-refractivity contribution is 5.79. The number of hydrogen-bond donors (Lipinski definition) is 0. The summed E-state index contributed by atoms with van der Waals surface area (Å²) in [7, 11) is 0. The Hall–Kier alpha value is -2.17. The number of para-hydroxylation sites is 1. The molecule has 0 aliphatic carbocycles. The van der Waals surface area contributed by atoms with E-state index in [1.54, 1.807) is 12.1 Å². The van der Waals surface area contributed by atoms with Gasteiger partial charge in [-0.2, -0.15) is 0 Å². The molecule has 2 aromatic rings. The van der Waals surface area contributed by atoms with Gasteiger partial charge in [0.1, 0.15) is 6.54 Å². The summed E-state index contributed by atoms with van der Waals surface area (Å²) in [5.41, 5.74) is 0.518. The number of fused-ring (bicyclic) bond motifs is 1. The molecule has 0 saturated carbocycles. The Bertz CT molecular complexity index is 700. The fourth-order valence-corrected chi connectivity index (χ4v) is 2.78. The molecule has 1 aliphatic rings. The minimum Gasteiger partial charge on any atom is -0.341 e. The van der Waals surface area contributed by atoms with Gasteiger partial charge in [-0.25, -0.2) is 4.98 Å². The number of aromatic nitrogens is 2. The van der Waals surface area contributed by atoms with Crippen LogP contribution >= 0.6 is 0 Å². The monoisotopic (exact) mass is 285 g/mol. The molecule has 2 heterocycles. The van der Waals surface area contributed by atoms with Crippen LogP contribution in [0.1, 0.15) is 25.7 Å². The van der Waals surface area contributed by atoms with Crippen molar-refractivity contribution in [1.82, 2.24) is 14.5 Å². The van der Waals surface area contributed by atoms with E-state index in [2.05, 4.69) is 4.98 Å². The van der Waals surface area contributed by atoms with Gasteiger partial charge in [-0.15, -0.1) is 0 Å². The molecule has 0 radical (unpaired) electrons. The Labute approximate surface area is 123 Å². The first kappa shape index (κ1) is 13.8. The third kappa shape index (κ3) is 2.96. The molecule has 5 heteroatoms. The maximum Gasteiger partial charge on any atom is 0.261 e. The van der Waals surface area contributed by atoms with Crippen molar-refractivity contribution in [3.8, 4) is 0 Å². The van der Waals surface area contributed by atoms with E-state index in [1.165, 1.54) is 23.7 Å². The van der Waals surface area contributed by atoms with Crippen molar-refractivity contribution < 1.29 is 4.79 Å². The van der Waals surface area contributed by atoms with Crippen LogP contribution in [-0.4, -0.2) is 33.4 Å². The molecule has 1 aromatic carbocycles. The van der Waals surface area contributed by atoms with Crippen molar-refractivity contribution in [2.45, 2.75) is 32.2 Å². The molecule has 0 bridgehead atoms. The predicted molar refractivity (Wildman–Crippen MR) is 81.1 cm³/mol. The van der Waals surface area contributed by atoms with E-state index < -0.39 is 0 Å². The average molecular weight is 285 g/mol. The van der Waals surface area contributed by atoms with E-state index in [9.17, 15) is 9.59 Å². The largest absolute Gasteiger partial charge is 0.341 e. The summed E-state index contributed by atoms with van der Waals surface area (Å²) < 4.78 is 1.41. The minimum absolute atomic E-state index is 0.0103. The lowest BCUT2D eigenvalue weighted by Gasteiger charge is -2.20. The first-order valence-corrected chi connectivity index (χ1v) is 7.48. The van der Waals surface area contributed by atoms with Crippen LogP contribution in [0.4, 0.5) is 0 Å². The topological polar surface area (TPSA) is 55.2 Å². The maximum absolute atomic E-state index is 12.4. The number of amides is 1. The Morgan fingerprint density at radius 3 is 2.57 bits per heavy atom. The zero-order chi connectivity index (χ0) is 14.7. The van der Waals surface area contributed by atoms with Gasteiger partial charge in [0.05, 0.1) is 17.2 Å². The molecule has 1 aromatic heterocycles. The van der Waals surface area contributed by atoms with Gasteiger partial charge in [0.25, 0.3) is 5.56 Å². The molecule has 1 fully saturated rings. The zero-order valence-corrected chi connectivity index (χ0v) is 12.0. The van der Waals surface area contributed by atoms with E-state index in [4.69, 9.17) is 0 Å². The second kappa shape index (κ2) is 6.08. The molecule has 5 nitrogen and oxygen atoms in total. The molecule has 0 spiro atoms. The Morgan fingerprint density at radius 2 is 1.81 bits per heavy atom. The molecule has 0 N–H and O–H groups in total. The predicted octanol–water partition coefficient (Wildman–Crippen LogP) is 1.80. The molecule has 0 atom stereocenters. The number of rotatable bonds is 2. The summed E-state index contributed by atoms with van der Waals surface area (Å²) in [6.07, 6.45) is 5.94. The summed E-state index contributed by atoms with van der Waals surface area (Å²) in [5.74, 6) is 0.0103. The third-order valence-electron chi connectivity index (χ3n) is 4.00. The zero-order valence-electron chi connectivity index (χ0n) is 12.0. The molecule has 3 rings (SSSR count). The number of hydrogen-bond acceptors (Lipinski definition) is 3. The highest BCUT2D eigenvalue weighted by Gasteiger charge is 2.16. The third-order valence-corrected chi connectivity index (χ3v) is 4.00. The van der Waals surface area contributed by atoms with Crippen molar-refractivity contribution in [3.05, 3.63) is 40.9 Å². The molecule has 1 aliphatic heterocycles. The lowest BCUT2D eigenvalue weighted by Crippen LogP contribution is -2.37. The van der Waals surface area contributed by atoms with Gasteiger partial charge < -0.3 is 4.90 Å². The number of benzene rings is 1. The maximum atomic E-state index is 12.4. The molecule has 21 heavy (non-hydrogen) atoms. The first-order chi connectivity index (χ1) is 10.3. The highest BCUT2D eigenvalue weighted by Crippen LogP contribution is 2.10. The van der Waals surface area contributed by atoms with Crippen LogP contribution in [0.5, 0.6) is 0 Å². The molecule has 1 saturated heterocycles. The fraction of sp³-hybridized carbons (Fsp3) is 0.438. The van der Waals surface area contributed by atoms with Crippen molar-refractivity contribution in [3.63, 3.8) is 0 Å². The van der Waals surface area contributed by atoms with E-state index in [1.807, 2.05) is 17.0 Å². The lowest BCUT2D eigenvalue weighted by molar-refractivity contribution is -0.131. The Kier molecular flexibility index (Phi) is 3.99. The molecule has 110 valence electrons. The van der Waals surface area contributed by atoms with Gasteiger partial charge >= 0.3 is 0 Å². The second-order valence-electron chi connectivity index (χ2n) is 5.49. The summed E-state index contributed by atoms with van der Waals surface area (Å²) >= 11 is 0. The highest BCUT2D eigenvalue weighted by atomic mass is 16.2. The average Bonchev–Trinajstić information content (AvgIpc) is 2.79. The standard InChI is InChI=1S/C16H19N3O2/c20-15(18-9-5-1-2-6-10-18)11-19-12-17-14-8-4-3-7-13(14)16(19)21/h3-4,7-8,12H,1-2,5-6,9-11H2. The van der Waals surface area contributed by atoms with Crippen LogP contribution in [0.25, 0.3) is 10.9 Å². The first-order valence-electron chi connectivity index (χ1n) is 7.48. The molecular formula is C16H19N3O2. The van der Waals surface area contributed by atoms with Gasteiger partial charge in [-0.1, -0.05) is 25.0 Å². The Balaban J connectivity index is 1.82. The van der Waals surface area contributed by atoms with Crippen molar-refractivity contribution in [2.75, 3.05) is 13.1 Å². The van der Waals surface area contributed by atoms with Gasteiger partial charge in [0, 0.05) is 13.1 Å². The number of carbonyl (C=O) groups is 1. The number of nitrogens with zero attached hydrogens (tertiary/aromatic N) is 3. The molecular weight excluding hydrogens is 266 g/mol. The fourth-order valence-electron chi connectivity index (χ4n) is 2.78. The quantitative estimate of drug-likeness (QED) is 0.845. The molecule has 0 unspecified atom stereocenters. The smallest absolute Gasteiger partial charge is 0.261 e. The summed E-state index contributed by atoms with van der Waals surface area (Å²) in [5, 5.41) is 0.559. The summed E-state index contributed by atoms with van der Waals surface area (Å²) in [4.78, 5) is 30.8. The van der Waals surface area contributed by atoms with E-state index >= 15 is 0 Å². The van der Waals surface area contributed by atoms with Gasteiger partial charge in [-0.3, -0.25) is 14.2 Å². The summed E-state index contributed by atoms with van der Waals surface area (Å²) in [6, 6.07) is 7.21. The molecule has 1 amide bonds. The van der Waals surface area contributed by atoms with Gasteiger partial charge in [0.15, 0.2) is 0 Å². The normalized spacial score (nSPS) is 15.9. The van der Waals surface area contributed by atoms with E-state index in [-0.39, 0.29) is 18.0 Å².